The summed E-state index contributed by atoms with van der Waals surface area (Å²) in [6.07, 6.45) is 0. The molecule has 0 saturated carbocycles. The molecule has 0 aliphatic rings. The summed E-state index contributed by atoms with van der Waals surface area (Å²) in [5.41, 5.74) is 10.5. The van der Waals surface area contributed by atoms with Crippen molar-refractivity contribution in [3.63, 3.8) is 0 Å². The molecule has 27 rings (SSSR count). The van der Waals surface area contributed by atoms with Crippen molar-refractivity contribution >= 4 is 192 Å². The molecule has 7 heterocycles. The minimum Gasteiger partial charge on any atom is -0.456 e. The van der Waals surface area contributed by atoms with E-state index in [1.54, 1.807) is 11.3 Å². The second kappa shape index (κ2) is 30.9. The van der Waals surface area contributed by atoms with E-state index in [0.717, 1.165) is 82.8 Å². The largest absolute Gasteiger partial charge is 0.456 e. The minimum absolute atomic E-state index is 0.649. The van der Waals surface area contributed by atoms with Crippen molar-refractivity contribution in [2.24, 2.45) is 0 Å². The number of furan rings is 1. The molecule has 13 heteroatoms. The summed E-state index contributed by atoms with van der Waals surface area (Å²) in [6.45, 7) is 0. The first-order valence-electron chi connectivity index (χ1n) is 42.6. The molecule has 128 heavy (non-hydrogen) atoms. The third kappa shape index (κ3) is 13.1. The molecule has 10 nitrogen and oxygen atoms in total. The molecule has 0 spiro atoms. The lowest BCUT2D eigenvalue weighted by Gasteiger charge is -2.11. The molecule has 0 saturated heterocycles. The van der Waals surface area contributed by atoms with Crippen molar-refractivity contribution in [1.29, 1.82) is 0 Å². The van der Waals surface area contributed by atoms with E-state index in [4.69, 9.17) is 49.3 Å². The van der Waals surface area contributed by atoms with Gasteiger partial charge in [-0.25, -0.2) is 44.9 Å². The van der Waals surface area contributed by atoms with Crippen LogP contribution in [-0.4, -0.2) is 44.9 Å². The minimum atomic E-state index is 0.649. The predicted molar refractivity (Wildman–Crippen MR) is 537 cm³/mol. The lowest BCUT2D eigenvalue weighted by Crippen LogP contribution is -2.00. The molecule has 0 bridgehead atoms. The van der Waals surface area contributed by atoms with Gasteiger partial charge in [0.2, 0.25) is 0 Å². The van der Waals surface area contributed by atoms with E-state index in [-0.39, 0.29) is 0 Å². The highest BCUT2D eigenvalue weighted by Gasteiger charge is 2.23. The van der Waals surface area contributed by atoms with Crippen LogP contribution in [0.5, 0.6) is 0 Å². The Morgan fingerprint density at radius 3 is 0.938 bits per heavy atom. The normalized spacial score (nSPS) is 11.8. The van der Waals surface area contributed by atoms with Crippen LogP contribution in [0.2, 0.25) is 0 Å². The first kappa shape index (κ1) is 74.3. The Kier molecular flexibility index (Phi) is 17.9. The molecule has 7 aromatic heterocycles. The van der Waals surface area contributed by atoms with Crippen LogP contribution in [0.4, 0.5) is 0 Å². The van der Waals surface area contributed by atoms with Gasteiger partial charge in [0.1, 0.15) is 11.2 Å². The third-order valence-electron chi connectivity index (χ3n) is 24.5. The van der Waals surface area contributed by atoms with Crippen LogP contribution in [-0.2, 0) is 0 Å². The molecular weight excluding hydrogens is 1620 g/mol. The van der Waals surface area contributed by atoms with Gasteiger partial charge in [-0.1, -0.05) is 334 Å². The molecular formula is C115H67N9OS3. The molecule has 0 aliphatic heterocycles. The Morgan fingerprint density at radius 1 is 0.156 bits per heavy atom. The van der Waals surface area contributed by atoms with E-state index in [9.17, 15) is 0 Å². The molecule has 0 atom stereocenters. The Hall–Kier alpha value is -16.3. The maximum absolute atomic E-state index is 6.24. The van der Waals surface area contributed by atoms with Crippen LogP contribution < -0.4 is 0 Å². The van der Waals surface area contributed by atoms with Crippen LogP contribution in [0.25, 0.3) is 260 Å². The summed E-state index contributed by atoms with van der Waals surface area (Å²) in [5.74, 6) is 5.99. The number of hydrogen-bond acceptors (Lipinski definition) is 13. The van der Waals surface area contributed by atoms with Gasteiger partial charge < -0.3 is 4.42 Å². The first-order valence-corrected chi connectivity index (χ1v) is 45.0. The molecule has 0 aliphatic carbocycles. The van der Waals surface area contributed by atoms with Crippen LogP contribution in [0.1, 0.15) is 0 Å². The van der Waals surface area contributed by atoms with Crippen LogP contribution >= 0.6 is 34.0 Å². The van der Waals surface area contributed by atoms with Crippen molar-refractivity contribution in [3.8, 4) is 102 Å². The SMILES string of the molecule is c1ccc(-c2nc(-c3ccc4c(ccc5ccc6oc7ccccc7c6c54)c3)nc(-c3cccc4c3sc3ccccc34)n2)cc1.c1ccc(-c2nc(-c3ccc4ccccc4c3)nc(-c3ccc4c(ccc5ccc6sc7ccccc7c6c54)c3)n2)cc1.c1ccc(-c2nc(-c3ccccc3)nc(-c3ccc4c(ccc5ccc6sc7ccccc7c6c54)c3)n2)cc1. The van der Waals surface area contributed by atoms with Crippen LogP contribution in [0.15, 0.2) is 411 Å². The maximum Gasteiger partial charge on any atom is 0.165 e. The average molecular weight is 1690 g/mol. The number of rotatable bonds is 9. The smallest absolute Gasteiger partial charge is 0.165 e. The lowest BCUT2D eigenvalue weighted by molar-refractivity contribution is 0.669. The fraction of sp³-hybridized carbons (Fsp3) is 0. The van der Waals surface area contributed by atoms with Gasteiger partial charge in [-0.3, -0.25) is 0 Å². The molecule has 0 unspecified atom stereocenters. The van der Waals surface area contributed by atoms with Gasteiger partial charge in [0.05, 0.1) is 0 Å². The van der Waals surface area contributed by atoms with E-state index < -0.39 is 0 Å². The molecule has 0 amide bonds. The van der Waals surface area contributed by atoms with Crippen molar-refractivity contribution in [2.75, 3.05) is 0 Å². The van der Waals surface area contributed by atoms with E-state index in [0.29, 0.717) is 52.4 Å². The first-order chi connectivity index (χ1) is 63.4. The second-order valence-electron chi connectivity index (χ2n) is 32.1. The number of hydrogen-bond donors (Lipinski definition) is 0. The molecule has 27 aromatic rings. The van der Waals surface area contributed by atoms with Crippen molar-refractivity contribution in [3.05, 3.63) is 406 Å². The fourth-order valence-corrected chi connectivity index (χ4v) is 21.8. The average Bonchev–Trinajstić information content (AvgIpc) is 1.55. The van der Waals surface area contributed by atoms with Gasteiger partial charge in [0.25, 0.3) is 0 Å². The highest BCUT2D eigenvalue weighted by molar-refractivity contribution is 7.27. The Morgan fingerprint density at radius 2 is 0.477 bits per heavy atom. The topological polar surface area (TPSA) is 129 Å². The Bertz CT molecular complexity index is 9120. The van der Waals surface area contributed by atoms with Gasteiger partial charge >= 0.3 is 0 Å². The predicted octanol–water partition coefficient (Wildman–Crippen LogP) is 31.7. The summed E-state index contributed by atoms with van der Waals surface area (Å²) in [4.78, 5) is 44.9. The Labute approximate surface area is 744 Å². The number of fused-ring (bicyclic) bond motifs is 25. The third-order valence-corrected chi connectivity index (χ3v) is 28.0. The van der Waals surface area contributed by atoms with E-state index in [1.807, 2.05) is 144 Å². The molecule has 20 aromatic carbocycles. The number of benzene rings is 20. The fourth-order valence-electron chi connectivity index (χ4n) is 18.4. The maximum atomic E-state index is 6.24. The summed E-state index contributed by atoms with van der Waals surface area (Å²) < 4.78 is 13.9. The number of aromatic nitrogens is 9. The highest BCUT2D eigenvalue weighted by Crippen LogP contribution is 2.47. The van der Waals surface area contributed by atoms with Crippen LogP contribution in [0.3, 0.4) is 0 Å². The quantitative estimate of drug-likeness (QED) is 0.129. The number of para-hydroxylation sites is 1. The van der Waals surface area contributed by atoms with E-state index in [2.05, 4.69) is 285 Å². The zero-order valence-electron chi connectivity index (χ0n) is 68.3. The molecule has 596 valence electrons. The summed E-state index contributed by atoms with van der Waals surface area (Å²) in [5, 5.41) is 27.0. The van der Waals surface area contributed by atoms with E-state index >= 15 is 0 Å². The van der Waals surface area contributed by atoms with Gasteiger partial charge in [-0.05, 0) is 143 Å². The van der Waals surface area contributed by atoms with Gasteiger partial charge in [-0.15, -0.1) is 34.0 Å². The van der Waals surface area contributed by atoms with Gasteiger partial charge in [0.15, 0.2) is 52.4 Å². The van der Waals surface area contributed by atoms with Crippen molar-refractivity contribution in [1.82, 2.24) is 44.9 Å². The molecule has 0 N–H and O–H groups in total. The van der Waals surface area contributed by atoms with Crippen LogP contribution in [0, 0.1) is 0 Å². The zero-order valence-corrected chi connectivity index (χ0v) is 70.8. The number of thiophene rings is 3. The van der Waals surface area contributed by atoms with Gasteiger partial charge in [-0.2, -0.15) is 0 Å². The monoisotopic (exact) mass is 1690 g/mol. The second-order valence-corrected chi connectivity index (χ2v) is 35.4. The summed E-state index contributed by atoms with van der Waals surface area (Å²) in [7, 11) is 0. The van der Waals surface area contributed by atoms with Crippen molar-refractivity contribution in [2.45, 2.75) is 0 Å². The molecule has 0 radical (unpaired) electrons. The summed E-state index contributed by atoms with van der Waals surface area (Å²) >= 11 is 5.50. The van der Waals surface area contributed by atoms with Gasteiger partial charge in [0, 0.05) is 127 Å². The summed E-state index contributed by atoms with van der Waals surface area (Å²) in [6, 6.07) is 142. The number of nitrogens with zero attached hydrogens (tertiary/aromatic N) is 9. The Balaban J connectivity index is 0.000000105. The van der Waals surface area contributed by atoms with E-state index in [1.165, 1.54) is 125 Å². The lowest BCUT2D eigenvalue weighted by atomic mass is 9.96. The molecule has 0 fully saturated rings. The zero-order chi connectivity index (χ0) is 84.3. The standard InChI is InChI=1S/C41H23N3OS.C39H23N3S.C35H21N3S/c1-2-9-25(10-3-1)39-42-40(44-41(43-39)32-14-8-13-30-29-11-5-7-16-35(29)46-38(30)32)27-19-21-28-26(23-27)18-17-24-20-22-34-37(36(24)28)31-12-4-6-15-33(31)45-34;1-2-9-26(10-3-1)37-40-38(29-17-14-24-8-4-5-11-27(24)22-29)42-39(41-37)30-18-20-31-28(23-30)16-15-25-19-21-34-36(35(25)31)32-12-6-7-13-33(32)43-34;1-3-9-23(10-4-1)33-36-34(24-11-5-2-6-12-24)38-35(37-33)26-17-19-27-25(21-26)16-15-22-18-20-30-32(31(22)27)28-13-7-8-14-29(28)39-30/h1-23H;1-23H;1-21H. The highest BCUT2D eigenvalue weighted by atomic mass is 32.1. The van der Waals surface area contributed by atoms with Crippen molar-refractivity contribution < 1.29 is 4.42 Å².